The first-order chi connectivity index (χ1) is 15.2. The molecule has 2 aromatic rings. The third-order valence-electron chi connectivity index (χ3n) is 5.54. The molecule has 32 heavy (non-hydrogen) atoms. The maximum atomic E-state index is 13.4. The van der Waals surface area contributed by atoms with Crippen LogP contribution in [0.4, 0.5) is 0 Å². The number of aromatic nitrogens is 2. The van der Waals surface area contributed by atoms with Crippen LogP contribution in [0.1, 0.15) is 60.7 Å². The molecule has 3 amide bonds. The topological polar surface area (TPSA) is 106 Å². The standard InChI is InChI=1S/C23H31N5O4/c1-6-11-28-21(30)19-18(20(29)26-15(2)3)25-14-27(19)13-23(28,4)22(31)24-12-16-7-9-17(32-5)10-8-16/h7-10,14-15H,6,11-13H2,1-5H3,(H,24,31)(H,26,29)/t23-/m0/s1. The fourth-order valence-corrected chi connectivity index (χ4v) is 3.87. The van der Waals surface area contributed by atoms with Gasteiger partial charge in [-0.2, -0.15) is 0 Å². The van der Waals surface area contributed by atoms with E-state index in [1.165, 1.54) is 6.33 Å². The van der Waals surface area contributed by atoms with Gasteiger partial charge in [-0.1, -0.05) is 19.1 Å². The second-order valence-corrected chi connectivity index (χ2v) is 8.46. The molecule has 3 rings (SSSR count). The van der Waals surface area contributed by atoms with Crippen molar-refractivity contribution < 1.29 is 19.1 Å². The average Bonchev–Trinajstić information content (AvgIpc) is 3.18. The van der Waals surface area contributed by atoms with E-state index in [9.17, 15) is 14.4 Å². The zero-order chi connectivity index (χ0) is 23.5. The Balaban J connectivity index is 1.85. The molecule has 9 heteroatoms. The van der Waals surface area contributed by atoms with Crippen LogP contribution in [-0.2, 0) is 17.9 Å². The molecule has 2 N–H and O–H groups in total. The maximum Gasteiger partial charge on any atom is 0.273 e. The van der Waals surface area contributed by atoms with Crippen molar-refractivity contribution in [2.24, 2.45) is 0 Å². The molecule has 1 atom stereocenters. The van der Waals surface area contributed by atoms with Crippen molar-refractivity contribution in [3.63, 3.8) is 0 Å². The van der Waals surface area contributed by atoms with Crippen LogP contribution in [0.2, 0.25) is 0 Å². The minimum Gasteiger partial charge on any atom is -0.497 e. The summed E-state index contributed by atoms with van der Waals surface area (Å²) in [7, 11) is 1.60. The molecule has 0 saturated heterocycles. The van der Waals surface area contributed by atoms with Crippen molar-refractivity contribution in [1.82, 2.24) is 25.1 Å². The van der Waals surface area contributed by atoms with Crippen molar-refractivity contribution >= 4 is 17.7 Å². The summed E-state index contributed by atoms with van der Waals surface area (Å²) in [5, 5.41) is 5.73. The van der Waals surface area contributed by atoms with Gasteiger partial charge < -0.3 is 24.8 Å². The van der Waals surface area contributed by atoms with E-state index in [1.807, 2.05) is 45.0 Å². The molecule has 0 bridgehead atoms. The van der Waals surface area contributed by atoms with Gasteiger partial charge in [0.25, 0.3) is 11.8 Å². The molecule has 172 valence electrons. The summed E-state index contributed by atoms with van der Waals surface area (Å²) in [6.45, 7) is 8.31. The number of carbonyl (C=O) groups is 3. The van der Waals surface area contributed by atoms with Crippen molar-refractivity contribution in [1.29, 1.82) is 0 Å². The van der Waals surface area contributed by atoms with Crippen LogP contribution in [0.15, 0.2) is 30.6 Å². The van der Waals surface area contributed by atoms with E-state index in [1.54, 1.807) is 23.5 Å². The van der Waals surface area contributed by atoms with Crippen LogP contribution in [0, 0.1) is 0 Å². The van der Waals surface area contributed by atoms with Crippen LogP contribution in [0.25, 0.3) is 0 Å². The monoisotopic (exact) mass is 441 g/mol. The van der Waals surface area contributed by atoms with Gasteiger partial charge in [-0.15, -0.1) is 0 Å². The highest BCUT2D eigenvalue weighted by Gasteiger charge is 2.48. The van der Waals surface area contributed by atoms with Crippen LogP contribution < -0.4 is 15.4 Å². The van der Waals surface area contributed by atoms with Gasteiger partial charge in [0, 0.05) is 19.1 Å². The lowest BCUT2D eigenvalue weighted by Crippen LogP contribution is -2.64. The summed E-state index contributed by atoms with van der Waals surface area (Å²) in [5.41, 5.74) is 0.115. The molecule has 0 fully saturated rings. The molecular weight excluding hydrogens is 410 g/mol. The number of ether oxygens (including phenoxy) is 1. The van der Waals surface area contributed by atoms with E-state index in [0.717, 1.165) is 11.3 Å². The fourth-order valence-electron chi connectivity index (χ4n) is 3.87. The van der Waals surface area contributed by atoms with Gasteiger partial charge in [-0.3, -0.25) is 14.4 Å². The number of hydrogen-bond donors (Lipinski definition) is 2. The lowest BCUT2D eigenvalue weighted by molar-refractivity contribution is -0.133. The normalized spacial score (nSPS) is 17.8. The van der Waals surface area contributed by atoms with Crippen LogP contribution >= 0.6 is 0 Å². The zero-order valence-electron chi connectivity index (χ0n) is 19.3. The van der Waals surface area contributed by atoms with E-state index in [0.29, 0.717) is 19.5 Å². The Kier molecular flexibility index (Phi) is 6.86. The number of benzene rings is 1. The largest absolute Gasteiger partial charge is 0.497 e. The predicted octanol–water partition coefficient (Wildman–Crippen LogP) is 1.97. The third-order valence-corrected chi connectivity index (χ3v) is 5.54. The van der Waals surface area contributed by atoms with Crippen molar-refractivity contribution in [2.75, 3.05) is 13.7 Å². The number of hydrogen-bond acceptors (Lipinski definition) is 5. The Labute approximate surface area is 188 Å². The third kappa shape index (κ3) is 4.46. The minimum absolute atomic E-state index is 0.0840. The second-order valence-electron chi connectivity index (χ2n) is 8.46. The van der Waals surface area contributed by atoms with Crippen LogP contribution in [-0.4, -0.2) is 57.4 Å². The predicted molar refractivity (Wildman–Crippen MR) is 119 cm³/mol. The maximum absolute atomic E-state index is 13.4. The summed E-state index contributed by atoms with van der Waals surface area (Å²) in [6, 6.07) is 7.34. The highest BCUT2D eigenvalue weighted by molar-refractivity contribution is 6.07. The summed E-state index contributed by atoms with van der Waals surface area (Å²) < 4.78 is 6.77. The van der Waals surface area contributed by atoms with E-state index >= 15 is 0 Å². The molecule has 9 nitrogen and oxygen atoms in total. The van der Waals surface area contributed by atoms with Crippen LogP contribution in [0.5, 0.6) is 5.75 Å². The first-order valence-corrected chi connectivity index (χ1v) is 10.8. The summed E-state index contributed by atoms with van der Waals surface area (Å²) in [6.07, 6.45) is 2.13. The first-order valence-electron chi connectivity index (χ1n) is 10.8. The Bertz CT molecular complexity index is 998. The van der Waals surface area contributed by atoms with E-state index in [-0.39, 0.29) is 35.8 Å². The minimum atomic E-state index is -1.11. The number of methoxy groups -OCH3 is 1. The molecular formula is C23H31N5O4. The lowest BCUT2D eigenvalue weighted by atomic mass is 9.93. The molecule has 0 radical (unpaired) electrons. The molecule has 1 aromatic heterocycles. The van der Waals surface area contributed by atoms with Gasteiger partial charge in [0.1, 0.15) is 17.0 Å². The van der Waals surface area contributed by atoms with Gasteiger partial charge in [0.15, 0.2) is 5.69 Å². The number of rotatable bonds is 8. The first kappa shape index (κ1) is 23.3. The smallest absolute Gasteiger partial charge is 0.273 e. The quantitative estimate of drug-likeness (QED) is 0.652. The van der Waals surface area contributed by atoms with Gasteiger partial charge >= 0.3 is 0 Å². The van der Waals surface area contributed by atoms with Gasteiger partial charge in [0.2, 0.25) is 5.91 Å². The number of carbonyl (C=O) groups excluding carboxylic acids is 3. The van der Waals surface area contributed by atoms with E-state index < -0.39 is 11.4 Å². The van der Waals surface area contributed by atoms with Crippen molar-refractivity contribution in [3.8, 4) is 5.75 Å². The number of imidazole rings is 1. The average molecular weight is 442 g/mol. The highest BCUT2D eigenvalue weighted by atomic mass is 16.5. The SMILES string of the molecule is CCCN1C(=O)c2c(C(=O)NC(C)C)ncn2C[C@@]1(C)C(=O)NCc1ccc(OC)cc1. The number of nitrogens with one attached hydrogen (secondary N) is 2. The van der Waals surface area contributed by atoms with Gasteiger partial charge in [0.05, 0.1) is 20.0 Å². The number of amides is 3. The molecule has 0 unspecified atom stereocenters. The molecule has 1 aliphatic rings. The fraction of sp³-hybridized carbons (Fsp3) is 0.478. The Morgan fingerprint density at radius 3 is 2.53 bits per heavy atom. The molecule has 0 aliphatic carbocycles. The summed E-state index contributed by atoms with van der Waals surface area (Å²) in [4.78, 5) is 45.0. The summed E-state index contributed by atoms with van der Waals surface area (Å²) >= 11 is 0. The van der Waals surface area contributed by atoms with Crippen molar-refractivity contribution in [3.05, 3.63) is 47.5 Å². The lowest BCUT2D eigenvalue weighted by Gasteiger charge is -2.43. The Hall–Kier alpha value is -3.36. The Morgan fingerprint density at radius 1 is 1.25 bits per heavy atom. The highest BCUT2D eigenvalue weighted by Crippen LogP contribution is 2.29. The van der Waals surface area contributed by atoms with Gasteiger partial charge in [-0.05, 0) is 44.9 Å². The van der Waals surface area contributed by atoms with E-state index in [2.05, 4.69) is 15.6 Å². The number of fused-ring (bicyclic) bond motifs is 1. The zero-order valence-corrected chi connectivity index (χ0v) is 19.3. The molecule has 1 aromatic carbocycles. The second kappa shape index (κ2) is 9.42. The van der Waals surface area contributed by atoms with Gasteiger partial charge in [-0.25, -0.2) is 4.98 Å². The van der Waals surface area contributed by atoms with Crippen LogP contribution in [0.3, 0.4) is 0 Å². The molecule has 2 heterocycles. The molecule has 0 spiro atoms. The van der Waals surface area contributed by atoms with Crippen molar-refractivity contribution in [2.45, 2.75) is 58.8 Å². The number of nitrogens with zero attached hydrogens (tertiary/aromatic N) is 3. The molecule has 1 aliphatic heterocycles. The summed E-state index contributed by atoms with van der Waals surface area (Å²) in [5.74, 6) is -0.288. The van der Waals surface area contributed by atoms with E-state index in [4.69, 9.17) is 4.74 Å². The molecule has 0 saturated carbocycles. The Morgan fingerprint density at radius 2 is 1.94 bits per heavy atom.